The number of halogens is 3. The van der Waals surface area contributed by atoms with Crippen LogP contribution < -0.4 is 4.74 Å². The largest absolute Gasteiger partial charge is 0.486 e. The second-order valence-electron chi connectivity index (χ2n) is 7.25. The van der Waals surface area contributed by atoms with Crippen LogP contribution in [0.1, 0.15) is 48.3 Å². The predicted octanol–water partition coefficient (Wildman–Crippen LogP) is 6.22. The van der Waals surface area contributed by atoms with Crippen LogP contribution >= 0.6 is 0 Å². The van der Waals surface area contributed by atoms with Crippen LogP contribution in [0.25, 0.3) is 0 Å². The SMILES string of the molecule is C=CCOc1ccc(C2CCC(OCc3ccc(C)c(F)c3)CC2)c(F)c1F. The Kier molecular flexibility index (Phi) is 6.79. The Morgan fingerprint density at radius 1 is 1.04 bits per heavy atom. The molecule has 0 spiro atoms. The second kappa shape index (κ2) is 9.28. The molecule has 0 N–H and O–H groups in total. The highest BCUT2D eigenvalue weighted by Crippen LogP contribution is 2.37. The van der Waals surface area contributed by atoms with E-state index in [9.17, 15) is 13.2 Å². The molecule has 150 valence electrons. The minimum Gasteiger partial charge on any atom is -0.486 e. The Hall–Kier alpha value is -2.27. The van der Waals surface area contributed by atoms with E-state index >= 15 is 0 Å². The zero-order valence-corrected chi connectivity index (χ0v) is 16.0. The molecule has 0 saturated heterocycles. The lowest BCUT2D eigenvalue weighted by Crippen LogP contribution is -2.21. The van der Waals surface area contributed by atoms with Crippen LogP contribution in [0.15, 0.2) is 43.0 Å². The van der Waals surface area contributed by atoms with Crippen LogP contribution in [0, 0.1) is 24.4 Å². The number of hydrogen-bond acceptors (Lipinski definition) is 2. The molecule has 0 aliphatic heterocycles. The van der Waals surface area contributed by atoms with Gasteiger partial charge in [0.2, 0.25) is 5.82 Å². The average Bonchev–Trinajstić information content (AvgIpc) is 2.70. The van der Waals surface area contributed by atoms with Gasteiger partial charge in [-0.25, -0.2) is 8.78 Å². The maximum absolute atomic E-state index is 14.5. The molecule has 0 aromatic heterocycles. The number of rotatable bonds is 7. The molecule has 0 radical (unpaired) electrons. The van der Waals surface area contributed by atoms with Crippen LogP contribution in [0.5, 0.6) is 5.75 Å². The summed E-state index contributed by atoms with van der Waals surface area (Å²) in [5.74, 6) is -2.15. The fourth-order valence-corrected chi connectivity index (χ4v) is 3.60. The van der Waals surface area contributed by atoms with Gasteiger partial charge in [-0.3, -0.25) is 0 Å². The third kappa shape index (κ3) is 4.76. The maximum Gasteiger partial charge on any atom is 0.200 e. The highest BCUT2D eigenvalue weighted by atomic mass is 19.2. The third-order valence-corrected chi connectivity index (χ3v) is 5.27. The minimum absolute atomic E-state index is 0.0420. The van der Waals surface area contributed by atoms with Crippen molar-refractivity contribution in [1.82, 2.24) is 0 Å². The molecule has 2 aromatic rings. The molecule has 2 aromatic carbocycles. The van der Waals surface area contributed by atoms with Gasteiger partial charge < -0.3 is 9.47 Å². The molecule has 1 aliphatic rings. The van der Waals surface area contributed by atoms with Crippen molar-refractivity contribution in [3.8, 4) is 5.75 Å². The van der Waals surface area contributed by atoms with Crippen molar-refractivity contribution >= 4 is 0 Å². The maximum atomic E-state index is 14.5. The van der Waals surface area contributed by atoms with E-state index in [0.29, 0.717) is 17.7 Å². The summed E-state index contributed by atoms with van der Waals surface area (Å²) in [6.45, 7) is 5.70. The van der Waals surface area contributed by atoms with Crippen LogP contribution in [-0.4, -0.2) is 12.7 Å². The van der Waals surface area contributed by atoms with Crippen molar-refractivity contribution in [3.63, 3.8) is 0 Å². The van der Waals surface area contributed by atoms with Crippen molar-refractivity contribution in [2.24, 2.45) is 0 Å². The van der Waals surface area contributed by atoms with Crippen molar-refractivity contribution in [2.75, 3.05) is 6.61 Å². The Morgan fingerprint density at radius 3 is 2.46 bits per heavy atom. The van der Waals surface area contributed by atoms with E-state index in [2.05, 4.69) is 6.58 Å². The van der Waals surface area contributed by atoms with Gasteiger partial charge in [0.05, 0.1) is 12.7 Å². The monoisotopic (exact) mass is 390 g/mol. The standard InChI is InChI=1S/C23H25F3O2/c1-3-12-27-21-11-10-19(22(25)23(21)26)17-6-8-18(9-7-17)28-14-16-5-4-15(2)20(24)13-16/h3-5,10-11,13,17-18H,1,6-9,12,14H2,2H3. The molecule has 0 unspecified atom stereocenters. The molecule has 5 heteroatoms. The first-order valence-corrected chi connectivity index (χ1v) is 9.57. The summed E-state index contributed by atoms with van der Waals surface area (Å²) >= 11 is 0. The molecule has 28 heavy (non-hydrogen) atoms. The van der Waals surface area contributed by atoms with Crippen LogP contribution in [0.2, 0.25) is 0 Å². The number of hydrogen-bond donors (Lipinski definition) is 0. The van der Waals surface area contributed by atoms with Gasteiger partial charge in [0.25, 0.3) is 0 Å². The van der Waals surface area contributed by atoms with E-state index in [-0.39, 0.29) is 30.2 Å². The van der Waals surface area contributed by atoms with E-state index in [4.69, 9.17) is 9.47 Å². The molecule has 1 aliphatic carbocycles. The van der Waals surface area contributed by atoms with Gasteiger partial charge in [0.15, 0.2) is 11.6 Å². The fourth-order valence-electron chi connectivity index (χ4n) is 3.60. The minimum atomic E-state index is -0.945. The summed E-state index contributed by atoms with van der Waals surface area (Å²) < 4.78 is 53.3. The summed E-state index contributed by atoms with van der Waals surface area (Å²) in [5, 5.41) is 0. The van der Waals surface area contributed by atoms with E-state index < -0.39 is 11.6 Å². The highest BCUT2D eigenvalue weighted by Gasteiger charge is 2.27. The summed E-state index contributed by atoms with van der Waals surface area (Å²) in [7, 11) is 0. The number of benzene rings is 2. The molecule has 3 rings (SSSR count). The molecular formula is C23H25F3O2. The van der Waals surface area contributed by atoms with Crippen molar-refractivity contribution in [2.45, 2.75) is 51.2 Å². The quantitative estimate of drug-likeness (QED) is 0.523. The van der Waals surface area contributed by atoms with Crippen molar-refractivity contribution in [3.05, 3.63) is 77.1 Å². The van der Waals surface area contributed by atoms with Crippen LogP contribution in [0.4, 0.5) is 13.2 Å². The molecule has 1 fully saturated rings. The third-order valence-electron chi connectivity index (χ3n) is 5.27. The first kappa shape index (κ1) is 20.5. The molecule has 2 nitrogen and oxygen atoms in total. The molecule has 1 saturated carbocycles. The van der Waals surface area contributed by atoms with Gasteiger partial charge >= 0.3 is 0 Å². The Morgan fingerprint density at radius 2 is 1.79 bits per heavy atom. The number of ether oxygens (including phenoxy) is 2. The zero-order chi connectivity index (χ0) is 20.1. The Bertz CT molecular complexity index is 827. The van der Waals surface area contributed by atoms with Crippen molar-refractivity contribution < 1.29 is 22.6 Å². The van der Waals surface area contributed by atoms with E-state index in [1.54, 1.807) is 19.1 Å². The second-order valence-corrected chi connectivity index (χ2v) is 7.25. The van der Waals surface area contributed by atoms with E-state index in [1.165, 1.54) is 18.2 Å². The highest BCUT2D eigenvalue weighted by molar-refractivity contribution is 5.33. The summed E-state index contributed by atoms with van der Waals surface area (Å²) in [6.07, 6.45) is 4.48. The van der Waals surface area contributed by atoms with Crippen molar-refractivity contribution in [1.29, 1.82) is 0 Å². The first-order valence-electron chi connectivity index (χ1n) is 9.57. The van der Waals surface area contributed by atoms with Gasteiger partial charge in [-0.1, -0.05) is 30.9 Å². The molecular weight excluding hydrogens is 365 g/mol. The Labute approximate surface area is 164 Å². The lowest BCUT2D eigenvalue weighted by atomic mass is 9.82. The van der Waals surface area contributed by atoms with Gasteiger partial charge in [0.1, 0.15) is 12.4 Å². The lowest BCUT2D eigenvalue weighted by molar-refractivity contribution is 0.0130. The van der Waals surface area contributed by atoms with Gasteiger partial charge in [-0.15, -0.1) is 0 Å². The summed E-state index contributed by atoms with van der Waals surface area (Å²) in [4.78, 5) is 0. The fraction of sp³-hybridized carbons (Fsp3) is 0.391. The zero-order valence-electron chi connectivity index (χ0n) is 16.0. The van der Waals surface area contributed by atoms with Gasteiger partial charge in [-0.05, 0) is 67.3 Å². The average molecular weight is 390 g/mol. The molecule has 0 heterocycles. The topological polar surface area (TPSA) is 18.5 Å². The first-order chi connectivity index (χ1) is 13.5. The molecule has 0 atom stereocenters. The number of aryl methyl sites for hydroxylation is 1. The molecule has 0 bridgehead atoms. The lowest BCUT2D eigenvalue weighted by Gasteiger charge is -2.29. The van der Waals surface area contributed by atoms with Crippen LogP contribution in [0.3, 0.4) is 0 Å². The summed E-state index contributed by atoms with van der Waals surface area (Å²) in [6, 6.07) is 8.18. The van der Waals surface area contributed by atoms with Gasteiger partial charge in [0, 0.05) is 0 Å². The smallest absolute Gasteiger partial charge is 0.200 e. The molecule has 0 amide bonds. The predicted molar refractivity (Wildman–Crippen MR) is 103 cm³/mol. The van der Waals surface area contributed by atoms with Gasteiger partial charge in [-0.2, -0.15) is 4.39 Å². The van der Waals surface area contributed by atoms with E-state index in [1.807, 2.05) is 6.07 Å². The van der Waals surface area contributed by atoms with E-state index in [0.717, 1.165) is 31.2 Å². The Balaban J connectivity index is 1.55. The summed E-state index contributed by atoms with van der Waals surface area (Å²) in [5.41, 5.74) is 1.80. The van der Waals surface area contributed by atoms with Crippen LogP contribution in [-0.2, 0) is 11.3 Å². The normalized spacial score (nSPS) is 19.4.